The van der Waals surface area contributed by atoms with E-state index in [1.807, 2.05) is 24.6 Å². The number of fused-ring (bicyclic) bond motifs is 2. The van der Waals surface area contributed by atoms with Crippen LogP contribution >= 0.6 is 11.6 Å². The number of nitrogens with one attached hydrogen (secondary N) is 2. The molecule has 1 aliphatic carbocycles. The summed E-state index contributed by atoms with van der Waals surface area (Å²) < 4.78 is 0. The number of halogens is 1. The van der Waals surface area contributed by atoms with E-state index in [9.17, 15) is 4.79 Å². The molecule has 6 rings (SSSR count). The molecule has 0 spiro atoms. The number of hydrogen-bond donors (Lipinski definition) is 2. The Hall–Kier alpha value is -3.25. The minimum absolute atomic E-state index is 0.0219. The van der Waals surface area contributed by atoms with Gasteiger partial charge in [-0.2, -0.15) is 10.2 Å². The maximum Gasteiger partial charge on any atom is 0.250 e. The lowest BCUT2D eigenvalue weighted by Crippen LogP contribution is -2.58. The van der Waals surface area contributed by atoms with Crippen LogP contribution < -0.4 is 10.6 Å². The lowest BCUT2D eigenvalue weighted by molar-refractivity contribution is -0.120. The normalized spacial score (nSPS) is 28.4. The molecule has 2 atom stereocenters. The molecular weight excluding hydrogens is 458 g/mol. The van der Waals surface area contributed by atoms with Gasteiger partial charge in [-0.1, -0.05) is 48.9 Å². The highest BCUT2D eigenvalue weighted by Gasteiger charge is 2.53. The molecule has 0 saturated heterocycles. The second-order valence-electron chi connectivity index (χ2n) is 10.4. The Kier molecular flexibility index (Phi) is 5.01. The third kappa shape index (κ3) is 3.38. The monoisotopic (exact) mass is 485 g/mol. The van der Waals surface area contributed by atoms with Crippen molar-refractivity contribution in [1.29, 1.82) is 0 Å². The first-order chi connectivity index (χ1) is 16.8. The van der Waals surface area contributed by atoms with Crippen molar-refractivity contribution in [1.82, 2.24) is 10.6 Å². The number of rotatable bonds is 3. The highest BCUT2D eigenvalue weighted by molar-refractivity contribution is 6.31. The number of benzene rings is 1. The molecule has 7 heteroatoms. The van der Waals surface area contributed by atoms with Gasteiger partial charge in [0.15, 0.2) is 6.17 Å². The molecule has 0 aromatic heterocycles. The van der Waals surface area contributed by atoms with Crippen molar-refractivity contribution >= 4 is 29.3 Å². The van der Waals surface area contributed by atoms with Gasteiger partial charge in [-0.15, -0.1) is 0 Å². The Morgan fingerprint density at radius 3 is 2.89 bits per heavy atom. The molecule has 0 saturated carbocycles. The number of carbonyl (C=O) groups is 1. The number of hydrogen-bond acceptors (Lipinski definition) is 5. The summed E-state index contributed by atoms with van der Waals surface area (Å²) in [6.45, 7) is 6.26. The Labute approximate surface area is 210 Å². The fourth-order valence-corrected chi connectivity index (χ4v) is 6.38. The summed E-state index contributed by atoms with van der Waals surface area (Å²) in [6, 6.07) is 8.65. The predicted octanol–water partition coefficient (Wildman–Crippen LogP) is 5.80. The van der Waals surface area contributed by atoms with E-state index in [0.717, 1.165) is 64.4 Å². The average molecular weight is 486 g/mol. The third-order valence-electron chi connectivity index (χ3n) is 7.71. The van der Waals surface area contributed by atoms with Crippen LogP contribution in [0.3, 0.4) is 0 Å². The SMILES string of the molecule is CC[C@]1(c2cccc(C3=C4CC=C(Cl)C=C4N=CC3)c2)C2=CN=NC2NC2=C1C(=O)NC(C)(C)C2. The predicted molar refractivity (Wildman–Crippen MR) is 139 cm³/mol. The minimum Gasteiger partial charge on any atom is -0.362 e. The molecule has 1 unspecified atom stereocenters. The highest BCUT2D eigenvalue weighted by atomic mass is 35.5. The van der Waals surface area contributed by atoms with E-state index in [2.05, 4.69) is 70.9 Å². The number of nitrogens with zero attached hydrogens (tertiary/aromatic N) is 3. The van der Waals surface area contributed by atoms with Gasteiger partial charge in [0.05, 0.1) is 22.9 Å². The first-order valence-electron chi connectivity index (χ1n) is 12.2. The summed E-state index contributed by atoms with van der Waals surface area (Å²) in [5, 5.41) is 16.2. The van der Waals surface area contributed by atoms with Crippen molar-refractivity contribution < 1.29 is 4.79 Å². The van der Waals surface area contributed by atoms with Crippen molar-refractivity contribution in [3.05, 3.63) is 86.9 Å². The molecule has 1 aromatic rings. The quantitative estimate of drug-likeness (QED) is 0.567. The van der Waals surface area contributed by atoms with Crippen molar-refractivity contribution in [3.63, 3.8) is 0 Å². The molecule has 4 aliphatic heterocycles. The maximum absolute atomic E-state index is 13.6. The molecule has 0 radical (unpaired) electrons. The van der Waals surface area contributed by atoms with Crippen molar-refractivity contribution in [2.24, 2.45) is 15.2 Å². The van der Waals surface area contributed by atoms with Gasteiger partial charge in [-0.3, -0.25) is 9.79 Å². The van der Waals surface area contributed by atoms with Gasteiger partial charge < -0.3 is 10.6 Å². The van der Waals surface area contributed by atoms with Crippen molar-refractivity contribution in [2.45, 2.75) is 63.6 Å². The summed E-state index contributed by atoms with van der Waals surface area (Å²) >= 11 is 6.26. The van der Waals surface area contributed by atoms with Crippen molar-refractivity contribution in [2.75, 3.05) is 0 Å². The first-order valence-corrected chi connectivity index (χ1v) is 12.6. The van der Waals surface area contributed by atoms with Gasteiger partial charge >= 0.3 is 0 Å². The second kappa shape index (κ2) is 7.89. The van der Waals surface area contributed by atoms with Crippen LogP contribution in [-0.4, -0.2) is 23.8 Å². The molecular formula is C28H28ClN5O. The standard InChI is InChI=1S/C28H28ClN5O/c1-4-28(21-15-31-34-25(21)32-23-14-27(2,3)33-26(35)24(23)28)17-7-5-6-16(12-17)19-10-11-30-22-13-18(29)8-9-20(19)22/h5-8,11-13,15,25,32H,4,9-10,14H2,1-3H3,(H,33,35)/t25?,28-/m0/s1. The van der Waals surface area contributed by atoms with Gasteiger partial charge in [0, 0.05) is 40.9 Å². The van der Waals surface area contributed by atoms with E-state index in [1.54, 1.807) is 0 Å². The van der Waals surface area contributed by atoms with E-state index in [1.165, 1.54) is 11.1 Å². The zero-order chi connectivity index (χ0) is 24.4. The van der Waals surface area contributed by atoms with Gasteiger partial charge in [0.25, 0.3) is 5.91 Å². The lowest BCUT2D eigenvalue weighted by Gasteiger charge is -2.48. The number of azo groups is 1. The fraction of sp³-hybridized carbons (Fsp3) is 0.357. The number of allylic oxidation sites excluding steroid dienone is 5. The molecule has 1 aromatic carbocycles. The van der Waals surface area contributed by atoms with Crippen LogP contribution in [0.4, 0.5) is 0 Å². The van der Waals surface area contributed by atoms with E-state index in [0.29, 0.717) is 0 Å². The zero-order valence-corrected chi connectivity index (χ0v) is 20.9. The molecule has 6 nitrogen and oxygen atoms in total. The molecule has 35 heavy (non-hydrogen) atoms. The Bertz CT molecular complexity index is 1370. The Balaban J connectivity index is 1.53. The van der Waals surface area contributed by atoms with Gasteiger partial charge in [0.1, 0.15) is 0 Å². The number of amides is 1. The number of dihydropyridines is 1. The van der Waals surface area contributed by atoms with Crippen molar-refractivity contribution in [3.8, 4) is 0 Å². The minimum atomic E-state index is -0.603. The average Bonchev–Trinajstić information content (AvgIpc) is 3.30. The molecule has 4 heterocycles. The van der Waals surface area contributed by atoms with Crippen LogP contribution in [-0.2, 0) is 10.2 Å². The van der Waals surface area contributed by atoms with Crippen LogP contribution in [0.25, 0.3) is 5.57 Å². The molecule has 5 aliphatic rings. The zero-order valence-electron chi connectivity index (χ0n) is 20.2. The third-order valence-corrected chi connectivity index (χ3v) is 7.98. The molecule has 0 fully saturated rings. The van der Waals surface area contributed by atoms with E-state index in [-0.39, 0.29) is 17.6 Å². The summed E-state index contributed by atoms with van der Waals surface area (Å²) in [5.74, 6) is -0.0219. The van der Waals surface area contributed by atoms with Gasteiger partial charge in [-0.25, -0.2) is 0 Å². The number of aliphatic imine (C=N–C) groups is 1. The largest absolute Gasteiger partial charge is 0.362 e. The van der Waals surface area contributed by atoms with Crippen LogP contribution in [0, 0.1) is 0 Å². The van der Waals surface area contributed by atoms with Crippen LogP contribution in [0.1, 0.15) is 57.6 Å². The highest BCUT2D eigenvalue weighted by Crippen LogP contribution is 2.51. The molecule has 0 bridgehead atoms. The van der Waals surface area contributed by atoms with E-state index < -0.39 is 5.41 Å². The summed E-state index contributed by atoms with van der Waals surface area (Å²) in [4.78, 5) is 18.2. The van der Waals surface area contributed by atoms with E-state index >= 15 is 0 Å². The second-order valence-corrected chi connectivity index (χ2v) is 10.8. The van der Waals surface area contributed by atoms with Crippen LogP contribution in [0.5, 0.6) is 0 Å². The topological polar surface area (TPSA) is 78.2 Å². The van der Waals surface area contributed by atoms with E-state index in [4.69, 9.17) is 11.6 Å². The Morgan fingerprint density at radius 1 is 1.20 bits per heavy atom. The smallest absolute Gasteiger partial charge is 0.250 e. The molecule has 2 N–H and O–H groups in total. The maximum atomic E-state index is 13.6. The first kappa shape index (κ1) is 22.2. The molecule has 178 valence electrons. The summed E-state index contributed by atoms with van der Waals surface area (Å²) in [5.41, 5.74) is 7.51. The van der Waals surface area contributed by atoms with Crippen LogP contribution in [0.2, 0.25) is 0 Å². The summed E-state index contributed by atoms with van der Waals surface area (Å²) in [7, 11) is 0. The van der Waals surface area contributed by atoms with Gasteiger partial charge in [-0.05, 0) is 55.0 Å². The number of carbonyl (C=O) groups excluding carboxylic acids is 1. The molecule has 1 amide bonds. The fourth-order valence-electron chi connectivity index (χ4n) is 6.20. The Morgan fingerprint density at radius 2 is 2.06 bits per heavy atom. The summed E-state index contributed by atoms with van der Waals surface area (Å²) in [6.07, 6.45) is 10.5. The lowest BCUT2D eigenvalue weighted by atomic mass is 9.62. The van der Waals surface area contributed by atoms with Crippen LogP contribution in [0.15, 0.2) is 91.0 Å². The van der Waals surface area contributed by atoms with Gasteiger partial charge in [0.2, 0.25) is 0 Å².